The number of phenolic OH excluding ortho intramolecular Hbond substituents is 1. The van der Waals surface area contributed by atoms with E-state index < -0.39 is 17.8 Å². The van der Waals surface area contributed by atoms with Crippen LogP contribution >= 0.6 is 11.6 Å². The molecule has 0 aliphatic carbocycles. The number of phenols is 1. The molecule has 0 spiro atoms. The SMILES string of the molecule is O=C(O)c1ccc(O)c(Cl)c1.O=C(O)c1cccc(F)c1. The van der Waals surface area contributed by atoms with Crippen LogP contribution in [-0.4, -0.2) is 27.3 Å². The molecule has 0 radical (unpaired) electrons. The van der Waals surface area contributed by atoms with Gasteiger partial charge in [0.05, 0.1) is 16.1 Å². The molecule has 110 valence electrons. The molecule has 21 heavy (non-hydrogen) atoms. The Hall–Kier alpha value is -2.60. The molecule has 2 rings (SSSR count). The van der Waals surface area contributed by atoms with E-state index >= 15 is 0 Å². The van der Waals surface area contributed by atoms with E-state index in [9.17, 15) is 14.0 Å². The first-order chi connectivity index (χ1) is 9.81. The monoisotopic (exact) mass is 312 g/mol. The summed E-state index contributed by atoms with van der Waals surface area (Å²) in [6.45, 7) is 0. The highest BCUT2D eigenvalue weighted by molar-refractivity contribution is 6.32. The topological polar surface area (TPSA) is 94.8 Å². The number of hydrogen-bond acceptors (Lipinski definition) is 3. The van der Waals surface area contributed by atoms with Crippen LogP contribution in [0.15, 0.2) is 42.5 Å². The molecule has 5 nitrogen and oxygen atoms in total. The lowest BCUT2D eigenvalue weighted by atomic mass is 10.2. The Morgan fingerprint density at radius 3 is 1.95 bits per heavy atom. The zero-order valence-electron chi connectivity index (χ0n) is 10.5. The second-order valence-electron chi connectivity index (χ2n) is 3.79. The summed E-state index contributed by atoms with van der Waals surface area (Å²) in [5.74, 6) is -2.82. The van der Waals surface area contributed by atoms with E-state index in [0.29, 0.717) is 0 Å². The Morgan fingerprint density at radius 2 is 1.52 bits per heavy atom. The Morgan fingerprint density at radius 1 is 0.952 bits per heavy atom. The van der Waals surface area contributed by atoms with Gasteiger partial charge < -0.3 is 15.3 Å². The van der Waals surface area contributed by atoms with Crippen molar-refractivity contribution in [2.24, 2.45) is 0 Å². The minimum Gasteiger partial charge on any atom is -0.506 e. The summed E-state index contributed by atoms with van der Waals surface area (Å²) in [6.07, 6.45) is 0. The third-order valence-corrected chi connectivity index (χ3v) is 2.57. The average Bonchev–Trinajstić information content (AvgIpc) is 2.42. The van der Waals surface area contributed by atoms with Crippen molar-refractivity contribution in [2.45, 2.75) is 0 Å². The number of rotatable bonds is 2. The van der Waals surface area contributed by atoms with Gasteiger partial charge in [-0.2, -0.15) is 0 Å². The molecule has 0 aliphatic heterocycles. The van der Waals surface area contributed by atoms with Crippen molar-refractivity contribution in [2.75, 3.05) is 0 Å². The van der Waals surface area contributed by atoms with Crippen LogP contribution in [0.2, 0.25) is 5.02 Å². The summed E-state index contributed by atoms with van der Waals surface area (Å²) < 4.78 is 12.3. The molecule has 0 amide bonds. The van der Waals surface area contributed by atoms with Crippen LogP contribution in [0.4, 0.5) is 4.39 Å². The second-order valence-corrected chi connectivity index (χ2v) is 4.19. The van der Waals surface area contributed by atoms with Crippen molar-refractivity contribution in [3.8, 4) is 5.75 Å². The number of benzene rings is 2. The van der Waals surface area contributed by atoms with E-state index in [0.717, 1.165) is 6.07 Å². The van der Waals surface area contributed by atoms with Crippen LogP contribution in [0, 0.1) is 5.82 Å². The summed E-state index contributed by atoms with van der Waals surface area (Å²) in [4.78, 5) is 20.5. The first kappa shape index (κ1) is 16.5. The maximum Gasteiger partial charge on any atom is 0.335 e. The summed E-state index contributed by atoms with van der Waals surface area (Å²) in [5.41, 5.74) is 0.0350. The van der Waals surface area contributed by atoms with Crippen LogP contribution in [-0.2, 0) is 0 Å². The van der Waals surface area contributed by atoms with Gasteiger partial charge in [0.1, 0.15) is 11.6 Å². The van der Waals surface area contributed by atoms with E-state index in [-0.39, 0.29) is 21.9 Å². The maximum absolute atomic E-state index is 12.3. The summed E-state index contributed by atoms with van der Waals surface area (Å²) in [7, 11) is 0. The van der Waals surface area contributed by atoms with Crippen LogP contribution < -0.4 is 0 Å². The second kappa shape index (κ2) is 7.25. The fourth-order valence-corrected chi connectivity index (χ4v) is 1.44. The lowest BCUT2D eigenvalue weighted by Crippen LogP contribution is -1.95. The quantitative estimate of drug-likeness (QED) is 0.791. The molecule has 0 heterocycles. The van der Waals surface area contributed by atoms with Crippen LogP contribution in [0.25, 0.3) is 0 Å². The highest BCUT2D eigenvalue weighted by atomic mass is 35.5. The lowest BCUT2D eigenvalue weighted by molar-refractivity contribution is 0.0686. The summed E-state index contributed by atoms with van der Waals surface area (Å²) in [5, 5.41) is 25.7. The predicted molar refractivity (Wildman–Crippen MR) is 73.4 cm³/mol. The summed E-state index contributed by atoms with van der Waals surface area (Å²) in [6, 6.07) is 8.59. The van der Waals surface area contributed by atoms with Crippen molar-refractivity contribution >= 4 is 23.5 Å². The largest absolute Gasteiger partial charge is 0.506 e. The molecule has 0 saturated carbocycles. The van der Waals surface area contributed by atoms with Crippen LogP contribution in [0.5, 0.6) is 5.75 Å². The number of carboxylic acids is 2. The van der Waals surface area contributed by atoms with Gasteiger partial charge in [-0.05, 0) is 36.4 Å². The van der Waals surface area contributed by atoms with Gasteiger partial charge in [-0.3, -0.25) is 0 Å². The number of carbonyl (C=O) groups is 2. The van der Waals surface area contributed by atoms with Gasteiger partial charge in [-0.15, -0.1) is 0 Å². The van der Waals surface area contributed by atoms with E-state index in [4.69, 9.17) is 26.9 Å². The Bertz CT molecular complexity index is 672. The Labute approximate surface area is 123 Å². The molecule has 0 aliphatic rings. The number of halogens is 2. The van der Waals surface area contributed by atoms with Gasteiger partial charge >= 0.3 is 11.9 Å². The Kier molecular flexibility index (Phi) is 5.68. The van der Waals surface area contributed by atoms with Crippen molar-refractivity contribution in [1.29, 1.82) is 0 Å². The molecule has 2 aromatic carbocycles. The van der Waals surface area contributed by atoms with Crippen molar-refractivity contribution in [3.63, 3.8) is 0 Å². The molecule has 3 N–H and O–H groups in total. The van der Waals surface area contributed by atoms with E-state index in [2.05, 4.69) is 0 Å². The zero-order chi connectivity index (χ0) is 16.0. The molecular formula is C14H10ClFO5. The molecule has 0 unspecified atom stereocenters. The fraction of sp³-hybridized carbons (Fsp3) is 0. The van der Waals surface area contributed by atoms with E-state index in [1.807, 2.05) is 0 Å². The standard InChI is InChI=1S/C7H5ClO3.C7H5FO2/c8-5-3-4(7(10)11)1-2-6(5)9;8-6-3-1-2-5(4-6)7(9)10/h1-3,9H,(H,10,11);1-4H,(H,9,10). The molecule has 0 bridgehead atoms. The van der Waals surface area contributed by atoms with Gasteiger partial charge in [0, 0.05) is 0 Å². The minimum absolute atomic E-state index is 0.0278. The number of aromatic hydroxyl groups is 1. The first-order valence-electron chi connectivity index (χ1n) is 5.52. The fourth-order valence-electron chi connectivity index (χ4n) is 1.26. The third kappa shape index (κ3) is 5.12. The van der Waals surface area contributed by atoms with Crippen molar-refractivity contribution in [1.82, 2.24) is 0 Å². The number of carboxylic acid groups (broad SMARTS) is 2. The van der Waals surface area contributed by atoms with Crippen LogP contribution in [0.1, 0.15) is 20.7 Å². The normalized spacial score (nSPS) is 9.43. The van der Waals surface area contributed by atoms with E-state index in [1.54, 1.807) is 0 Å². The zero-order valence-corrected chi connectivity index (χ0v) is 11.2. The predicted octanol–water partition coefficient (Wildman–Crippen LogP) is 3.27. The van der Waals surface area contributed by atoms with Gasteiger partial charge in [0.2, 0.25) is 0 Å². The number of hydrogen-bond donors (Lipinski definition) is 3. The Balaban J connectivity index is 0.000000211. The average molecular weight is 313 g/mol. The van der Waals surface area contributed by atoms with Crippen LogP contribution in [0.3, 0.4) is 0 Å². The first-order valence-corrected chi connectivity index (χ1v) is 5.89. The molecule has 0 saturated heterocycles. The van der Waals surface area contributed by atoms with Gasteiger partial charge in [-0.1, -0.05) is 17.7 Å². The molecule has 0 aromatic heterocycles. The smallest absolute Gasteiger partial charge is 0.335 e. The molecule has 2 aromatic rings. The van der Waals surface area contributed by atoms with Crippen molar-refractivity contribution in [3.05, 3.63) is 64.4 Å². The number of aromatic carboxylic acids is 2. The third-order valence-electron chi connectivity index (χ3n) is 2.27. The maximum atomic E-state index is 12.3. The summed E-state index contributed by atoms with van der Waals surface area (Å²) >= 11 is 5.44. The van der Waals surface area contributed by atoms with Gasteiger partial charge in [-0.25, -0.2) is 14.0 Å². The van der Waals surface area contributed by atoms with Gasteiger partial charge in [0.15, 0.2) is 0 Å². The van der Waals surface area contributed by atoms with E-state index in [1.165, 1.54) is 36.4 Å². The molecular weight excluding hydrogens is 303 g/mol. The van der Waals surface area contributed by atoms with Gasteiger partial charge in [0.25, 0.3) is 0 Å². The minimum atomic E-state index is -1.11. The highest BCUT2D eigenvalue weighted by Crippen LogP contribution is 2.23. The highest BCUT2D eigenvalue weighted by Gasteiger charge is 2.05. The molecule has 7 heteroatoms. The van der Waals surface area contributed by atoms with Crippen molar-refractivity contribution < 1.29 is 29.3 Å². The lowest BCUT2D eigenvalue weighted by Gasteiger charge is -1.96. The molecule has 0 fully saturated rings. The molecule has 0 atom stereocenters.